The highest BCUT2D eigenvalue weighted by molar-refractivity contribution is 6.11. The van der Waals surface area contributed by atoms with Crippen LogP contribution in [0.25, 0.3) is 0 Å². The molecule has 2 aliphatic heterocycles. The number of benzene rings is 2. The molecule has 3 amide bonds. The molecule has 5 rings (SSSR count). The molecular formula is C27H27N3O5. The van der Waals surface area contributed by atoms with Crippen LogP contribution in [0.1, 0.15) is 39.8 Å². The maximum atomic E-state index is 13.3. The third-order valence-corrected chi connectivity index (χ3v) is 6.87. The second-order valence-electron chi connectivity index (χ2n) is 9.11. The summed E-state index contributed by atoms with van der Waals surface area (Å²) < 4.78 is 12.8. The van der Waals surface area contributed by atoms with Crippen molar-refractivity contribution in [3.8, 4) is 11.5 Å². The molecule has 8 nitrogen and oxygen atoms in total. The third-order valence-electron chi connectivity index (χ3n) is 6.87. The summed E-state index contributed by atoms with van der Waals surface area (Å²) in [5, 5.41) is 2.75. The number of hydrogen-bond donors (Lipinski definition) is 1. The van der Waals surface area contributed by atoms with Gasteiger partial charge in [-0.2, -0.15) is 0 Å². The van der Waals surface area contributed by atoms with Crippen LogP contribution >= 0.6 is 0 Å². The molecule has 3 heterocycles. The monoisotopic (exact) mass is 473 g/mol. The minimum absolute atomic E-state index is 0.111. The quantitative estimate of drug-likeness (QED) is 0.417. The molecule has 0 aliphatic carbocycles. The fourth-order valence-electron chi connectivity index (χ4n) is 4.79. The number of nitrogens with zero attached hydrogens (tertiary/aromatic N) is 2. The molecule has 2 aromatic carbocycles. The van der Waals surface area contributed by atoms with E-state index in [9.17, 15) is 14.4 Å². The van der Waals surface area contributed by atoms with Crippen LogP contribution in [-0.4, -0.2) is 40.5 Å². The van der Waals surface area contributed by atoms with E-state index >= 15 is 0 Å². The van der Waals surface area contributed by atoms with Gasteiger partial charge in [0.15, 0.2) is 17.3 Å². The van der Waals surface area contributed by atoms with E-state index < -0.39 is 17.5 Å². The number of imide groups is 1. The molecule has 2 aliphatic rings. The van der Waals surface area contributed by atoms with E-state index in [2.05, 4.69) is 22.0 Å². The van der Waals surface area contributed by atoms with Gasteiger partial charge in [-0.25, -0.2) is 4.79 Å². The van der Waals surface area contributed by atoms with Crippen LogP contribution in [0.15, 0.2) is 54.6 Å². The van der Waals surface area contributed by atoms with Gasteiger partial charge in [-0.05, 0) is 56.5 Å². The Morgan fingerprint density at radius 2 is 1.77 bits per heavy atom. The van der Waals surface area contributed by atoms with Gasteiger partial charge >= 0.3 is 6.03 Å². The summed E-state index contributed by atoms with van der Waals surface area (Å²) in [7, 11) is 0. The standard InChI is InChI=1S/C27H27N3O5/c1-17-13-21(18(2)29(17)12-11-19-7-5-4-6-8-19)22(31)15-30-25(32)27(3,28-26(30)33)20-9-10-23-24(14-20)35-16-34-23/h4-10,13-14H,11-12,15-16H2,1-3H3,(H,28,33)/t27-/m0/s1. The lowest BCUT2D eigenvalue weighted by Gasteiger charge is -2.22. The second kappa shape index (κ2) is 8.61. The number of fused-ring (bicyclic) bond motifs is 1. The van der Waals surface area contributed by atoms with Crippen molar-refractivity contribution in [2.45, 2.75) is 39.3 Å². The van der Waals surface area contributed by atoms with E-state index in [0.717, 1.165) is 29.3 Å². The van der Waals surface area contributed by atoms with E-state index in [1.807, 2.05) is 38.1 Å². The number of aromatic nitrogens is 1. The topological polar surface area (TPSA) is 89.9 Å². The van der Waals surface area contributed by atoms with E-state index in [1.54, 1.807) is 25.1 Å². The molecule has 0 saturated carbocycles. The average molecular weight is 474 g/mol. The lowest BCUT2D eigenvalue weighted by atomic mass is 9.91. The zero-order valence-corrected chi connectivity index (χ0v) is 20.0. The van der Waals surface area contributed by atoms with Crippen molar-refractivity contribution in [2.24, 2.45) is 0 Å². The smallest absolute Gasteiger partial charge is 0.325 e. The minimum atomic E-state index is -1.30. The molecular weight excluding hydrogens is 446 g/mol. The summed E-state index contributed by atoms with van der Waals surface area (Å²) in [4.78, 5) is 40.3. The Morgan fingerprint density at radius 3 is 2.54 bits per heavy atom. The molecule has 1 saturated heterocycles. The molecule has 3 aromatic rings. The highest BCUT2D eigenvalue weighted by Crippen LogP contribution is 2.38. The van der Waals surface area contributed by atoms with Gasteiger partial charge < -0.3 is 19.4 Å². The molecule has 0 radical (unpaired) electrons. The van der Waals surface area contributed by atoms with Crippen LogP contribution in [-0.2, 0) is 23.3 Å². The number of ether oxygens (including phenoxy) is 2. The van der Waals surface area contributed by atoms with Crippen molar-refractivity contribution < 1.29 is 23.9 Å². The van der Waals surface area contributed by atoms with E-state index in [1.165, 1.54) is 5.56 Å². The summed E-state index contributed by atoms with van der Waals surface area (Å²) in [6, 6.07) is 16.5. The van der Waals surface area contributed by atoms with Gasteiger partial charge in [0.1, 0.15) is 5.54 Å². The third kappa shape index (κ3) is 3.95. The lowest BCUT2D eigenvalue weighted by Crippen LogP contribution is -2.41. The minimum Gasteiger partial charge on any atom is -0.454 e. The molecule has 180 valence electrons. The second-order valence-corrected chi connectivity index (χ2v) is 9.11. The number of aryl methyl sites for hydroxylation is 2. The normalized spacial score (nSPS) is 18.8. The summed E-state index contributed by atoms with van der Waals surface area (Å²) >= 11 is 0. The summed E-state index contributed by atoms with van der Waals surface area (Å²) in [6.07, 6.45) is 0.839. The largest absolute Gasteiger partial charge is 0.454 e. The van der Waals surface area contributed by atoms with Gasteiger partial charge in [-0.3, -0.25) is 14.5 Å². The number of carbonyl (C=O) groups is 3. The molecule has 0 unspecified atom stereocenters. The Kier molecular flexibility index (Phi) is 5.59. The fraction of sp³-hybridized carbons (Fsp3) is 0.296. The molecule has 8 heteroatoms. The first kappa shape index (κ1) is 22.7. The number of amides is 3. The maximum absolute atomic E-state index is 13.3. The number of nitrogens with one attached hydrogen (secondary N) is 1. The van der Waals surface area contributed by atoms with Crippen molar-refractivity contribution in [1.82, 2.24) is 14.8 Å². The first-order valence-electron chi connectivity index (χ1n) is 11.6. The highest BCUT2D eigenvalue weighted by Gasteiger charge is 2.50. The van der Waals surface area contributed by atoms with Crippen LogP contribution in [0, 0.1) is 13.8 Å². The van der Waals surface area contributed by atoms with Gasteiger partial charge in [0.25, 0.3) is 5.91 Å². The van der Waals surface area contributed by atoms with Crippen molar-refractivity contribution in [1.29, 1.82) is 0 Å². The van der Waals surface area contributed by atoms with Crippen molar-refractivity contribution in [2.75, 3.05) is 13.3 Å². The average Bonchev–Trinajstić information content (AvgIpc) is 3.50. The van der Waals surface area contributed by atoms with Gasteiger partial charge in [0.05, 0.1) is 6.54 Å². The number of urea groups is 1. The fourth-order valence-corrected chi connectivity index (χ4v) is 4.79. The summed E-state index contributed by atoms with van der Waals surface area (Å²) in [5.41, 5.74) is 2.79. The van der Waals surface area contributed by atoms with E-state index in [4.69, 9.17) is 9.47 Å². The predicted molar refractivity (Wildman–Crippen MR) is 129 cm³/mol. The molecule has 1 fully saturated rings. The van der Waals surface area contributed by atoms with Crippen LogP contribution in [0.2, 0.25) is 0 Å². The zero-order valence-electron chi connectivity index (χ0n) is 20.0. The highest BCUT2D eigenvalue weighted by atomic mass is 16.7. The summed E-state index contributed by atoms with van der Waals surface area (Å²) in [5.74, 6) is 0.349. The number of Topliss-reactive ketones (excluding diaryl/α,β-unsaturated/α-hetero) is 1. The van der Waals surface area contributed by atoms with Gasteiger partial charge in [0, 0.05) is 23.5 Å². The van der Waals surface area contributed by atoms with Crippen LogP contribution < -0.4 is 14.8 Å². The van der Waals surface area contributed by atoms with Gasteiger partial charge in [0.2, 0.25) is 6.79 Å². The Hall–Kier alpha value is -4.07. The number of rotatable bonds is 7. The zero-order chi connectivity index (χ0) is 24.7. The first-order valence-corrected chi connectivity index (χ1v) is 11.6. The molecule has 0 spiro atoms. The molecule has 0 bridgehead atoms. The molecule has 1 aromatic heterocycles. The predicted octanol–water partition coefficient (Wildman–Crippen LogP) is 3.73. The number of ketones is 1. The van der Waals surface area contributed by atoms with Crippen molar-refractivity contribution >= 4 is 17.7 Å². The van der Waals surface area contributed by atoms with E-state index in [-0.39, 0.29) is 19.1 Å². The Balaban J connectivity index is 1.33. The Bertz CT molecular complexity index is 1330. The molecule has 1 atom stereocenters. The Labute approximate surface area is 203 Å². The number of carbonyl (C=O) groups excluding carboxylic acids is 3. The van der Waals surface area contributed by atoms with Crippen LogP contribution in [0.5, 0.6) is 11.5 Å². The van der Waals surface area contributed by atoms with Gasteiger partial charge in [-0.1, -0.05) is 36.4 Å². The van der Waals surface area contributed by atoms with Crippen molar-refractivity contribution in [3.63, 3.8) is 0 Å². The lowest BCUT2D eigenvalue weighted by molar-refractivity contribution is -0.130. The number of hydrogen-bond acceptors (Lipinski definition) is 5. The van der Waals surface area contributed by atoms with Gasteiger partial charge in [-0.15, -0.1) is 0 Å². The van der Waals surface area contributed by atoms with E-state index in [0.29, 0.717) is 22.6 Å². The Morgan fingerprint density at radius 1 is 1.03 bits per heavy atom. The molecule has 1 N–H and O–H groups in total. The van der Waals surface area contributed by atoms with Crippen LogP contribution in [0.3, 0.4) is 0 Å². The SMILES string of the molecule is Cc1cc(C(=O)CN2C(=O)N[C@@](C)(c3ccc4c(c3)OCO4)C2=O)c(C)n1CCc1ccccc1. The van der Waals surface area contributed by atoms with Crippen LogP contribution in [0.4, 0.5) is 4.79 Å². The maximum Gasteiger partial charge on any atom is 0.325 e. The first-order chi connectivity index (χ1) is 16.8. The van der Waals surface area contributed by atoms with Crippen molar-refractivity contribution in [3.05, 3.63) is 82.7 Å². The molecule has 35 heavy (non-hydrogen) atoms. The summed E-state index contributed by atoms with van der Waals surface area (Å²) in [6.45, 7) is 6.01.